The second-order valence-corrected chi connectivity index (χ2v) is 4.69. The molecule has 0 amide bonds. The van der Waals surface area contributed by atoms with Gasteiger partial charge in [-0.2, -0.15) is 0 Å². The predicted molar refractivity (Wildman–Crippen MR) is 59.6 cm³/mol. The summed E-state index contributed by atoms with van der Waals surface area (Å²) >= 11 is 0. The maximum atomic E-state index is 3.34. The van der Waals surface area contributed by atoms with E-state index in [0.717, 1.165) is 0 Å². The number of aryl methyl sites for hydroxylation is 1. The smallest absolute Gasteiger partial charge is 0.0151 e. The molecule has 0 saturated heterocycles. The molecule has 0 radical (unpaired) electrons. The topological polar surface area (TPSA) is 19.0 Å². The Kier molecular flexibility index (Phi) is 2.40. The van der Waals surface area contributed by atoms with Crippen molar-refractivity contribution in [2.24, 2.45) is 0 Å². The minimum absolute atomic E-state index is 0.653. The van der Waals surface area contributed by atoms with Crippen molar-refractivity contribution in [2.75, 3.05) is 7.05 Å². The first kappa shape index (κ1) is 9.78. The summed E-state index contributed by atoms with van der Waals surface area (Å²) in [6.45, 7) is 6.81. The van der Waals surface area contributed by atoms with Gasteiger partial charge in [0.2, 0.25) is 0 Å². The zero-order valence-corrected chi connectivity index (χ0v) is 9.59. The van der Waals surface area contributed by atoms with Gasteiger partial charge in [0, 0.05) is 24.0 Å². The number of H-pyrrole nitrogens is 1. The summed E-state index contributed by atoms with van der Waals surface area (Å²) in [5, 5.41) is 0. The molecule has 1 aliphatic rings. The summed E-state index contributed by atoms with van der Waals surface area (Å²) < 4.78 is 0. The number of hydrogen-bond donors (Lipinski definition) is 1. The molecule has 14 heavy (non-hydrogen) atoms. The van der Waals surface area contributed by atoms with Crippen LogP contribution in [0.25, 0.3) is 0 Å². The molecule has 2 nitrogen and oxygen atoms in total. The molecule has 0 spiro atoms. The SMILES string of the molecule is Cc1[nH]cc2c1CC(C)N(C)C(C)C2. The number of nitrogens with zero attached hydrogens (tertiary/aromatic N) is 1. The number of nitrogens with one attached hydrogen (secondary N) is 1. The Morgan fingerprint density at radius 2 is 1.93 bits per heavy atom. The number of aromatic nitrogens is 1. The number of hydrogen-bond acceptors (Lipinski definition) is 1. The normalized spacial score (nSPS) is 28.6. The second kappa shape index (κ2) is 3.43. The van der Waals surface area contributed by atoms with Crippen LogP contribution in [0.2, 0.25) is 0 Å². The summed E-state index contributed by atoms with van der Waals surface area (Å²) in [5.41, 5.74) is 4.43. The van der Waals surface area contributed by atoms with E-state index in [2.05, 4.69) is 43.9 Å². The largest absolute Gasteiger partial charge is 0.365 e. The van der Waals surface area contributed by atoms with Crippen molar-refractivity contribution < 1.29 is 0 Å². The van der Waals surface area contributed by atoms with Crippen molar-refractivity contribution in [2.45, 2.75) is 45.7 Å². The van der Waals surface area contributed by atoms with Crippen molar-refractivity contribution in [1.29, 1.82) is 0 Å². The highest BCUT2D eigenvalue weighted by atomic mass is 15.2. The molecule has 2 heterocycles. The van der Waals surface area contributed by atoms with E-state index in [0.29, 0.717) is 12.1 Å². The molecule has 2 rings (SSSR count). The number of likely N-dealkylation sites (N-methyl/N-ethyl adjacent to an activating group) is 1. The third kappa shape index (κ3) is 1.48. The minimum atomic E-state index is 0.653. The molecule has 1 N–H and O–H groups in total. The van der Waals surface area contributed by atoms with Crippen molar-refractivity contribution in [3.05, 3.63) is 23.0 Å². The second-order valence-electron chi connectivity index (χ2n) is 4.69. The molecule has 0 fully saturated rings. The first-order valence-corrected chi connectivity index (χ1v) is 5.47. The molecule has 0 aromatic carbocycles. The zero-order valence-electron chi connectivity index (χ0n) is 9.59. The van der Waals surface area contributed by atoms with E-state index < -0.39 is 0 Å². The van der Waals surface area contributed by atoms with Gasteiger partial charge in [0.05, 0.1) is 0 Å². The fourth-order valence-electron chi connectivity index (χ4n) is 2.41. The van der Waals surface area contributed by atoms with E-state index in [1.54, 1.807) is 5.56 Å². The van der Waals surface area contributed by atoms with E-state index in [-0.39, 0.29) is 0 Å². The Morgan fingerprint density at radius 1 is 1.29 bits per heavy atom. The van der Waals surface area contributed by atoms with Gasteiger partial charge in [0.1, 0.15) is 0 Å². The van der Waals surface area contributed by atoms with Gasteiger partial charge < -0.3 is 9.88 Å². The van der Waals surface area contributed by atoms with Crippen LogP contribution in [-0.4, -0.2) is 29.0 Å². The Balaban J connectivity index is 2.36. The number of rotatable bonds is 0. The van der Waals surface area contributed by atoms with Gasteiger partial charge in [-0.1, -0.05) is 0 Å². The lowest BCUT2D eigenvalue weighted by Gasteiger charge is -2.27. The Morgan fingerprint density at radius 3 is 2.64 bits per heavy atom. The monoisotopic (exact) mass is 192 g/mol. The summed E-state index contributed by atoms with van der Waals surface area (Å²) in [5.74, 6) is 0. The molecule has 0 aliphatic carbocycles. The molecular weight excluding hydrogens is 172 g/mol. The van der Waals surface area contributed by atoms with Gasteiger partial charge in [-0.3, -0.25) is 0 Å². The first-order chi connectivity index (χ1) is 6.59. The summed E-state index contributed by atoms with van der Waals surface area (Å²) in [6.07, 6.45) is 4.55. The summed E-state index contributed by atoms with van der Waals surface area (Å²) in [7, 11) is 2.24. The number of fused-ring (bicyclic) bond motifs is 1. The number of aromatic amines is 1. The average Bonchev–Trinajstić information content (AvgIpc) is 2.43. The Bertz CT molecular complexity index is 327. The van der Waals surface area contributed by atoms with Crippen molar-refractivity contribution in [3.63, 3.8) is 0 Å². The van der Waals surface area contributed by atoms with E-state index in [4.69, 9.17) is 0 Å². The maximum absolute atomic E-state index is 3.34. The van der Waals surface area contributed by atoms with Gasteiger partial charge in [0.25, 0.3) is 0 Å². The molecule has 1 aromatic rings. The highest BCUT2D eigenvalue weighted by Gasteiger charge is 2.24. The van der Waals surface area contributed by atoms with Crippen LogP contribution in [0.1, 0.15) is 30.7 Å². The minimum Gasteiger partial charge on any atom is -0.365 e. The molecule has 1 aliphatic heterocycles. The summed E-state index contributed by atoms with van der Waals surface area (Å²) in [6, 6.07) is 1.31. The Labute approximate surface area is 86.3 Å². The lowest BCUT2D eigenvalue weighted by atomic mass is 10.0. The third-order valence-corrected chi connectivity index (χ3v) is 3.71. The molecule has 78 valence electrons. The van der Waals surface area contributed by atoms with Crippen LogP contribution in [0.5, 0.6) is 0 Å². The Hall–Kier alpha value is -0.760. The average molecular weight is 192 g/mol. The molecule has 2 unspecified atom stereocenters. The van der Waals surface area contributed by atoms with Crippen molar-refractivity contribution in [1.82, 2.24) is 9.88 Å². The highest BCUT2D eigenvalue weighted by Crippen LogP contribution is 2.24. The molecule has 0 bridgehead atoms. The van der Waals surface area contributed by atoms with Crippen LogP contribution in [-0.2, 0) is 12.8 Å². The lowest BCUT2D eigenvalue weighted by molar-refractivity contribution is 0.201. The van der Waals surface area contributed by atoms with Gasteiger partial charge in [-0.25, -0.2) is 0 Å². The molecular formula is C12H20N2. The van der Waals surface area contributed by atoms with E-state index in [1.165, 1.54) is 24.1 Å². The standard InChI is InChI=1S/C12H20N2/c1-8-5-11-7-13-10(3)12(11)6-9(2)14(8)4/h7-9,13H,5-6H2,1-4H3. The van der Waals surface area contributed by atoms with Gasteiger partial charge in [-0.05, 0) is 51.8 Å². The molecule has 1 aromatic heterocycles. The quantitative estimate of drug-likeness (QED) is 0.667. The van der Waals surface area contributed by atoms with Gasteiger partial charge in [0.15, 0.2) is 0 Å². The zero-order chi connectivity index (χ0) is 10.3. The van der Waals surface area contributed by atoms with Crippen LogP contribution in [0.15, 0.2) is 6.20 Å². The van der Waals surface area contributed by atoms with E-state index in [1.807, 2.05) is 0 Å². The van der Waals surface area contributed by atoms with Crippen LogP contribution < -0.4 is 0 Å². The fourth-order valence-corrected chi connectivity index (χ4v) is 2.41. The van der Waals surface area contributed by atoms with Crippen molar-refractivity contribution >= 4 is 0 Å². The molecule has 2 heteroatoms. The highest BCUT2D eigenvalue weighted by molar-refractivity contribution is 5.32. The maximum Gasteiger partial charge on any atom is 0.0151 e. The van der Waals surface area contributed by atoms with Crippen LogP contribution in [0, 0.1) is 6.92 Å². The van der Waals surface area contributed by atoms with Crippen LogP contribution in [0.3, 0.4) is 0 Å². The van der Waals surface area contributed by atoms with E-state index in [9.17, 15) is 0 Å². The molecule has 0 saturated carbocycles. The van der Waals surface area contributed by atoms with Crippen LogP contribution >= 0.6 is 0 Å². The lowest BCUT2D eigenvalue weighted by Crippen LogP contribution is -2.37. The van der Waals surface area contributed by atoms with Crippen LogP contribution in [0.4, 0.5) is 0 Å². The third-order valence-electron chi connectivity index (χ3n) is 3.71. The van der Waals surface area contributed by atoms with Gasteiger partial charge in [-0.15, -0.1) is 0 Å². The van der Waals surface area contributed by atoms with E-state index >= 15 is 0 Å². The fraction of sp³-hybridized carbons (Fsp3) is 0.667. The predicted octanol–water partition coefficient (Wildman–Crippen LogP) is 2.13. The first-order valence-electron chi connectivity index (χ1n) is 5.47. The van der Waals surface area contributed by atoms with Crippen molar-refractivity contribution in [3.8, 4) is 0 Å². The molecule has 2 atom stereocenters. The summed E-state index contributed by atoms with van der Waals surface area (Å²) in [4.78, 5) is 5.83. The van der Waals surface area contributed by atoms with Gasteiger partial charge >= 0.3 is 0 Å².